The van der Waals surface area contributed by atoms with Crippen LogP contribution in [0, 0.1) is 12.3 Å². The summed E-state index contributed by atoms with van der Waals surface area (Å²) in [6, 6.07) is 0. The molecule has 0 unspecified atom stereocenters. The molecule has 2 rings (SSSR count). The van der Waals surface area contributed by atoms with Gasteiger partial charge in [0.2, 0.25) is 0 Å². The van der Waals surface area contributed by atoms with Crippen LogP contribution in [0.15, 0.2) is 10.6 Å². The number of oxazole rings is 1. The van der Waals surface area contributed by atoms with E-state index in [1.54, 1.807) is 0 Å². The lowest BCUT2D eigenvalue weighted by Gasteiger charge is -2.36. The Morgan fingerprint density at radius 3 is 2.65 bits per heavy atom. The van der Waals surface area contributed by atoms with Crippen LogP contribution >= 0.6 is 0 Å². The minimum absolute atomic E-state index is 0.251. The summed E-state index contributed by atoms with van der Waals surface area (Å²) >= 11 is 0. The third-order valence-electron chi connectivity index (χ3n) is 3.55. The van der Waals surface area contributed by atoms with Crippen molar-refractivity contribution in [3.05, 3.63) is 17.8 Å². The van der Waals surface area contributed by atoms with Crippen LogP contribution in [0.5, 0.6) is 0 Å². The van der Waals surface area contributed by atoms with Crippen molar-refractivity contribution in [2.45, 2.75) is 27.3 Å². The zero-order valence-corrected chi connectivity index (χ0v) is 13.2. The molecule has 1 fully saturated rings. The third kappa shape index (κ3) is 4.89. The predicted octanol–water partition coefficient (Wildman–Crippen LogP) is 1.77. The highest BCUT2D eigenvalue weighted by molar-refractivity contribution is 4.93. The van der Waals surface area contributed by atoms with Crippen molar-refractivity contribution in [3.8, 4) is 0 Å². The van der Waals surface area contributed by atoms with Gasteiger partial charge in [-0.2, -0.15) is 0 Å². The standard InChI is InChI=1S/C15H27N3O2/c1-13-16-9-14(20-13)10-17(4)11-15(2,3)12-18-5-7-19-8-6-18/h9H,5-8,10-12H2,1-4H3. The zero-order chi connectivity index (χ0) is 14.6. The molecule has 2 heterocycles. The first-order valence-corrected chi connectivity index (χ1v) is 7.35. The Balaban J connectivity index is 1.80. The number of nitrogens with zero attached hydrogens (tertiary/aromatic N) is 3. The molecule has 1 saturated heterocycles. The zero-order valence-electron chi connectivity index (χ0n) is 13.2. The quantitative estimate of drug-likeness (QED) is 0.795. The van der Waals surface area contributed by atoms with Crippen molar-refractivity contribution in [1.82, 2.24) is 14.8 Å². The van der Waals surface area contributed by atoms with Gasteiger partial charge >= 0.3 is 0 Å². The van der Waals surface area contributed by atoms with Crippen molar-refractivity contribution < 1.29 is 9.15 Å². The largest absolute Gasteiger partial charge is 0.445 e. The number of morpholine rings is 1. The molecule has 5 nitrogen and oxygen atoms in total. The van der Waals surface area contributed by atoms with Gasteiger partial charge in [-0.3, -0.25) is 9.80 Å². The highest BCUT2D eigenvalue weighted by atomic mass is 16.5. The van der Waals surface area contributed by atoms with Crippen LogP contribution in [0.4, 0.5) is 0 Å². The first-order chi connectivity index (χ1) is 9.44. The minimum Gasteiger partial charge on any atom is -0.445 e. The van der Waals surface area contributed by atoms with Crippen LogP contribution in [0.1, 0.15) is 25.5 Å². The molecule has 1 aliphatic heterocycles. The molecule has 114 valence electrons. The number of ether oxygens (including phenoxy) is 1. The summed E-state index contributed by atoms with van der Waals surface area (Å²) in [5.41, 5.74) is 0.251. The van der Waals surface area contributed by atoms with Crippen LogP contribution in [-0.2, 0) is 11.3 Å². The van der Waals surface area contributed by atoms with Crippen molar-refractivity contribution in [2.24, 2.45) is 5.41 Å². The van der Waals surface area contributed by atoms with Crippen LogP contribution < -0.4 is 0 Å². The van der Waals surface area contributed by atoms with Crippen LogP contribution in [0.2, 0.25) is 0 Å². The van der Waals surface area contributed by atoms with E-state index in [9.17, 15) is 0 Å². The fourth-order valence-corrected chi connectivity index (χ4v) is 2.95. The van der Waals surface area contributed by atoms with Gasteiger partial charge in [-0.25, -0.2) is 4.98 Å². The molecule has 0 bridgehead atoms. The topological polar surface area (TPSA) is 41.7 Å². The minimum atomic E-state index is 0.251. The van der Waals surface area contributed by atoms with E-state index < -0.39 is 0 Å². The summed E-state index contributed by atoms with van der Waals surface area (Å²) in [4.78, 5) is 8.95. The molecule has 0 amide bonds. The maximum Gasteiger partial charge on any atom is 0.191 e. The first-order valence-electron chi connectivity index (χ1n) is 7.35. The van der Waals surface area contributed by atoms with E-state index in [2.05, 4.69) is 35.7 Å². The van der Waals surface area contributed by atoms with E-state index in [4.69, 9.17) is 9.15 Å². The van der Waals surface area contributed by atoms with E-state index in [0.717, 1.165) is 57.6 Å². The monoisotopic (exact) mass is 281 g/mol. The SMILES string of the molecule is Cc1ncc(CN(C)CC(C)(C)CN2CCOCC2)o1. The molecule has 1 aromatic heterocycles. The average molecular weight is 281 g/mol. The van der Waals surface area contributed by atoms with Crippen molar-refractivity contribution in [2.75, 3.05) is 46.4 Å². The molecule has 0 aromatic carbocycles. The van der Waals surface area contributed by atoms with Crippen LogP contribution in [-0.4, -0.2) is 61.2 Å². The van der Waals surface area contributed by atoms with Gasteiger partial charge in [-0.05, 0) is 12.5 Å². The number of rotatable bonds is 6. The third-order valence-corrected chi connectivity index (χ3v) is 3.55. The lowest BCUT2D eigenvalue weighted by atomic mass is 9.92. The lowest BCUT2D eigenvalue weighted by Crippen LogP contribution is -2.45. The Bertz CT molecular complexity index is 411. The summed E-state index contributed by atoms with van der Waals surface area (Å²) in [6.45, 7) is 13.3. The maximum absolute atomic E-state index is 5.54. The lowest BCUT2D eigenvalue weighted by molar-refractivity contribution is 0.0158. The van der Waals surface area contributed by atoms with Gasteiger partial charge in [0.25, 0.3) is 0 Å². The first kappa shape index (κ1) is 15.5. The summed E-state index contributed by atoms with van der Waals surface area (Å²) in [5, 5.41) is 0. The number of hydrogen-bond donors (Lipinski definition) is 0. The molecular weight excluding hydrogens is 254 g/mol. The molecule has 1 aromatic rings. The Labute approximate surface area is 121 Å². The summed E-state index contributed by atoms with van der Waals surface area (Å²) < 4.78 is 10.9. The predicted molar refractivity (Wildman–Crippen MR) is 78.6 cm³/mol. The molecule has 0 N–H and O–H groups in total. The number of hydrogen-bond acceptors (Lipinski definition) is 5. The second-order valence-electron chi connectivity index (χ2n) is 6.57. The molecule has 0 radical (unpaired) electrons. The summed E-state index contributed by atoms with van der Waals surface area (Å²) in [6.07, 6.45) is 1.82. The second-order valence-corrected chi connectivity index (χ2v) is 6.57. The van der Waals surface area contributed by atoms with E-state index in [1.807, 2.05) is 13.1 Å². The van der Waals surface area contributed by atoms with Gasteiger partial charge < -0.3 is 9.15 Å². The molecule has 20 heavy (non-hydrogen) atoms. The fourth-order valence-electron chi connectivity index (χ4n) is 2.95. The summed E-state index contributed by atoms with van der Waals surface area (Å²) in [5.74, 6) is 1.67. The van der Waals surface area contributed by atoms with Crippen LogP contribution in [0.3, 0.4) is 0 Å². The normalized spacial score (nSPS) is 17.9. The van der Waals surface area contributed by atoms with Crippen molar-refractivity contribution >= 4 is 0 Å². The van der Waals surface area contributed by atoms with E-state index in [-0.39, 0.29) is 5.41 Å². The Kier molecular flexibility index (Phi) is 5.18. The van der Waals surface area contributed by atoms with Crippen molar-refractivity contribution in [3.63, 3.8) is 0 Å². The van der Waals surface area contributed by atoms with Gasteiger partial charge in [0.15, 0.2) is 5.89 Å². The Morgan fingerprint density at radius 1 is 1.35 bits per heavy atom. The average Bonchev–Trinajstić information content (AvgIpc) is 2.74. The smallest absolute Gasteiger partial charge is 0.191 e. The highest BCUT2D eigenvalue weighted by Gasteiger charge is 2.25. The molecule has 1 aliphatic rings. The van der Waals surface area contributed by atoms with E-state index >= 15 is 0 Å². The van der Waals surface area contributed by atoms with E-state index in [0.29, 0.717) is 0 Å². The number of aryl methyl sites for hydroxylation is 1. The van der Waals surface area contributed by atoms with Gasteiger partial charge in [-0.15, -0.1) is 0 Å². The molecule has 0 atom stereocenters. The molecule has 0 spiro atoms. The molecule has 0 aliphatic carbocycles. The number of aromatic nitrogens is 1. The Hall–Kier alpha value is -0.910. The maximum atomic E-state index is 5.54. The fraction of sp³-hybridized carbons (Fsp3) is 0.800. The van der Waals surface area contributed by atoms with Crippen molar-refractivity contribution in [1.29, 1.82) is 0 Å². The second kappa shape index (κ2) is 6.70. The van der Waals surface area contributed by atoms with E-state index in [1.165, 1.54) is 0 Å². The van der Waals surface area contributed by atoms with Gasteiger partial charge in [-0.1, -0.05) is 13.8 Å². The summed E-state index contributed by atoms with van der Waals surface area (Å²) in [7, 11) is 2.14. The Morgan fingerprint density at radius 2 is 2.05 bits per heavy atom. The van der Waals surface area contributed by atoms with Gasteiger partial charge in [0.1, 0.15) is 5.76 Å². The van der Waals surface area contributed by atoms with Crippen LogP contribution in [0.25, 0.3) is 0 Å². The van der Waals surface area contributed by atoms with Gasteiger partial charge in [0, 0.05) is 33.1 Å². The highest BCUT2D eigenvalue weighted by Crippen LogP contribution is 2.20. The van der Waals surface area contributed by atoms with Gasteiger partial charge in [0.05, 0.1) is 26.0 Å². The molecule has 5 heteroatoms. The molecular formula is C15H27N3O2. The molecule has 0 saturated carbocycles.